The Balaban J connectivity index is 1.82. The summed E-state index contributed by atoms with van der Waals surface area (Å²) in [5, 5.41) is 2.60. The number of nitrogens with one attached hydrogen (secondary N) is 1. The summed E-state index contributed by atoms with van der Waals surface area (Å²) in [6, 6.07) is 10.2. The molecule has 6 nitrogen and oxygen atoms in total. The van der Waals surface area contributed by atoms with Gasteiger partial charge in [0.15, 0.2) is 10.6 Å². The van der Waals surface area contributed by atoms with E-state index >= 15 is 0 Å². The minimum Gasteiger partial charge on any atom is -0.351 e. The number of rotatable bonds is 4. The number of carbonyl (C=O) groups is 1. The molecule has 0 radical (unpaired) electrons. The quantitative estimate of drug-likeness (QED) is 0.802. The first-order valence-corrected chi connectivity index (χ1v) is 9.09. The Morgan fingerprint density at radius 3 is 2.58 bits per heavy atom. The predicted molar refractivity (Wildman–Crippen MR) is 101 cm³/mol. The number of hydrogen-bond acceptors (Lipinski definition) is 4. The lowest BCUT2D eigenvalue weighted by Gasteiger charge is -2.25. The van der Waals surface area contributed by atoms with Crippen molar-refractivity contribution in [3.8, 4) is 0 Å². The molecule has 138 valence electrons. The van der Waals surface area contributed by atoms with Crippen LogP contribution in [0.15, 0.2) is 47.4 Å². The Bertz CT molecular complexity index is 854. The number of nitrogens with zero attached hydrogens (tertiary/aromatic N) is 2. The highest BCUT2D eigenvalue weighted by atomic mass is 35.5. The molecule has 0 saturated carbocycles. The van der Waals surface area contributed by atoms with Crippen LogP contribution >= 0.6 is 23.2 Å². The van der Waals surface area contributed by atoms with E-state index in [0.29, 0.717) is 5.56 Å². The Morgan fingerprint density at radius 2 is 2.00 bits per heavy atom. The van der Waals surface area contributed by atoms with Gasteiger partial charge in [-0.3, -0.25) is 9.36 Å². The molecule has 1 aliphatic rings. The maximum absolute atomic E-state index is 12.4. The van der Waals surface area contributed by atoms with Crippen LogP contribution in [0.2, 0.25) is 0 Å². The molecular formula is C18H19Cl2N3O3. The monoisotopic (exact) mass is 395 g/mol. The molecule has 0 bridgehead atoms. The molecule has 1 amide bonds. The third-order valence-electron chi connectivity index (χ3n) is 4.56. The summed E-state index contributed by atoms with van der Waals surface area (Å²) in [6.45, 7) is 3.86. The number of hydrogen-bond donors (Lipinski definition) is 1. The molecule has 1 aromatic heterocycles. The zero-order valence-corrected chi connectivity index (χ0v) is 15.9. The normalized spacial score (nSPS) is 24.4. The highest BCUT2D eigenvalue weighted by molar-refractivity contribution is 6.49. The standard InChI is InChI=1S/C18H19Cl2N3O3/c1-3-13-11(2)18(19,20)16(26-13)23-10-9-14(22-17(23)25)21-15(24)12-7-5-4-6-8-12/h4-11,13,16H,3H2,1-2H3,(H,21,22,24,25)/t11-,13+,16-/m0/s1. The Morgan fingerprint density at radius 1 is 1.31 bits per heavy atom. The van der Waals surface area contributed by atoms with Crippen molar-refractivity contribution >= 4 is 34.9 Å². The number of ether oxygens (including phenoxy) is 1. The highest BCUT2D eigenvalue weighted by Gasteiger charge is 2.53. The first kappa shape index (κ1) is 18.9. The van der Waals surface area contributed by atoms with Crippen molar-refractivity contribution < 1.29 is 9.53 Å². The van der Waals surface area contributed by atoms with E-state index in [-0.39, 0.29) is 23.7 Å². The van der Waals surface area contributed by atoms with E-state index in [2.05, 4.69) is 10.3 Å². The van der Waals surface area contributed by atoms with E-state index in [1.165, 1.54) is 16.8 Å². The summed E-state index contributed by atoms with van der Waals surface area (Å²) in [5.41, 5.74) is -0.131. The fraction of sp³-hybridized carbons (Fsp3) is 0.389. The molecule has 1 saturated heterocycles. The second-order valence-electron chi connectivity index (χ2n) is 6.22. The number of alkyl halides is 2. The average molecular weight is 396 g/mol. The average Bonchev–Trinajstić information content (AvgIpc) is 2.85. The lowest BCUT2D eigenvalue weighted by atomic mass is 10.0. The van der Waals surface area contributed by atoms with Gasteiger partial charge in [0.1, 0.15) is 5.82 Å². The van der Waals surface area contributed by atoms with Gasteiger partial charge < -0.3 is 10.1 Å². The topological polar surface area (TPSA) is 73.2 Å². The molecule has 3 atom stereocenters. The van der Waals surface area contributed by atoms with E-state index in [1.807, 2.05) is 19.9 Å². The Hall–Kier alpha value is -1.89. The summed E-state index contributed by atoms with van der Waals surface area (Å²) >= 11 is 12.9. The maximum atomic E-state index is 12.4. The van der Waals surface area contributed by atoms with Crippen LogP contribution in [0.4, 0.5) is 5.82 Å². The van der Waals surface area contributed by atoms with Crippen molar-refractivity contribution in [3.63, 3.8) is 0 Å². The van der Waals surface area contributed by atoms with Crippen LogP contribution in [-0.4, -0.2) is 25.9 Å². The van der Waals surface area contributed by atoms with Gasteiger partial charge in [0, 0.05) is 17.7 Å². The zero-order chi connectivity index (χ0) is 18.9. The van der Waals surface area contributed by atoms with Crippen molar-refractivity contribution in [2.24, 2.45) is 5.92 Å². The summed E-state index contributed by atoms with van der Waals surface area (Å²) in [5.74, 6) is -0.353. The molecule has 0 unspecified atom stereocenters. The fourth-order valence-electron chi connectivity index (χ4n) is 2.99. The van der Waals surface area contributed by atoms with Gasteiger partial charge in [-0.25, -0.2) is 4.79 Å². The molecule has 1 fully saturated rings. The minimum atomic E-state index is -1.25. The summed E-state index contributed by atoms with van der Waals surface area (Å²) in [4.78, 5) is 28.5. The summed E-state index contributed by atoms with van der Waals surface area (Å²) in [6.07, 6.45) is 1.21. The van der Waals surface area contributed by atoms with Crippen LogP contribution in [0.5, 0.6) is 0 Å². The highest BCUT2D eigenvalue weighted by Crippen LogP contribution is 2.50. The number of amides is 1. The largest absolute Gasteiger partial charge is 0.351 e. The van der Waals surface area contributed by atoms with Crippen LogP contribution in [0.3, 0.4) is 0 Å². The third-order valence-corrected chi connectivity index (χ3v) is 5.62. The van der Waals surface area contributed by atoms with Crippen molar-refractivity contribution in [2.45, 2.75) is 36.9 Å². The molecule has 26 heavy (non-hydrogen) atoms. The predicted octanol–water partition coefficient (Wildman–Crippen LogP) is 3.61. The molecule has 1 N–H and O–H groups in total. The van der Waals surface area contributed by atoms with Gasteiger partial charge in [0.25, 0.3) is 5.91 Å². The molecule has 0 spiro atoms. The fourth-order valence-corrected chi connectivity index (χ4v) is 3.58. The van der Waals surface area contributed by atoms with Crippen molar-refractivity contribution in [1.82, 2.24) is 9.55 Å². The van der Waals surface area contributed by atoms with Gasteiger partial charge in [0.05, 0.1) is 6.10 Å². The van der Waals surface area contributed by atoms with E-state index in [4.69, 9.17) is 27.9 Å². The van der Waals surface area contributed by atoms with Gasteiger partial charge in [0.2, 0.25) is 0 Å². The van der Waals surface area contributed by atoms with Gasteiger partial charge >= 0.3 is 5.69 Å². The number of carbonyl (C=O) groups excluding carboxylic acids is 1. The van der Waals surface area contributed by atoms with Gasteiger partial charge in [-0.15, -0.1) is 0 Å². The first-order chi connectivity index (χ1) is 12.3. The van der Waals surface area contributed by atoms with Gasteiger partial charge in [-0.2, -0.15) is 4.98 Å². The van der Waals surface area contributed by atoms with Gasteiger partial charge in [-0.05, 0) is 24.6 Å². The van der Waals surface area contributed by atoms with Crippen LogP contribution in [-0.2, 0) is 4.74 Å². The number of benzene rings is 1. The second kappa shape index (κ2) is 7.39. The lowest BCUT2D eigenvalue weighted by molar-refractivity contribution is -0.00914. The molecule has 2 aromatic rings. The maximum Gasteiger partial charge on any atom is 0.351 e. The molecule has 3 rings (SSSR count). The number of halogens is 2. The van der Waals surface area contributed by atoms with Crippen LogP contribution < -0.4 is 11.0 Å². The van der Waals surface area contributed by atoms with E-state index < -0.39 is 16.3 Å². The van der Waals surface area contributed by atoms with Crippen molar-refractivity contribution in [3.05, 3.63) is 58.6 Å². The Labute approximate surface area is 161 Å². The summed E-state index contributed by atoms with van der Waals surface area (Å²) < 4.78 is 5.87. The summed E-state index contributed by atoms with van der Waals surface area (Å²) in [7, 11) is 0. The van der Waals surface area contributed by atoms with Crippen molar-refractivity contribution in [2.75, 3.05) is 5.32 Å². The van der Waals surface area contributed by atoms with Crippen LogP contribution in [0, 0.1) is 5.92 Å². The van der Waals surface area contributed by atoms with E-state index in [1.54, 1.807) is 24.3 Å². The molecule has 2 heterocycles. The second-order valence-corrected chi connectivity index (χ2v) is 7.67. The zero-order valence-electron chi connectivity index (χ0n) is 14.4. The van der Waals surface area contributed by atoms with Crippen LogP contribution in [0.25, 0.3) is 0 Å². The third kappa shape index (κ3) is 3.49. The molecule has 8 heteroatoms. The lowest BCUT2D eigenvalue weighted by Crippen LogP contribution is -2.36. The number of anilines is 1. The van der Waals surface area contributed by atoms with Gasteiger partial charge in [-0.1, -0.05) is 55.2 Å². The Kier molecular flexibility index (Phi) is 5.37. The van der Waals surface area contributed by atoms with Crippen LogP contribution in [0.1, 0.15) is 36.9 Å². The van der Waals surface area contributed by atoms with Crippen molar-refractivity contribution in [1.29, 1.82) is 0 Å². The smallest absolute Gasteiger partial charge is 0.351 e. The molecule has 0 aliphatic carbocycles. The first-order valence-electron chi connectivity index (χ1n) is 8.33. The minimum absolute atomic E-state index is 0.146. The molecule has 1 aliphatic heterocycles. The SMILES string of the molecule is CC[C@H]1O[C@H](n2ccc(NC(=O)c3ccccc3)nc2=O)C(Cl)(Cl)[C@H]1C. The molecular weight excluding hydrogens is 377 g/mol. The molecule has 1 aromatic carbocycles. The number of aromatic nitrogens is 2. The van der Waals surface area contributed by atoms with E-state index in [0.717, 1.165) is 6.42 Å². The van der Waals surface area contributed by atoms with E-state index in [9.17, 15) is 9.59 Å².